The first-order valence-electron chi connectivity index (χ1n) is 11.8. The third kappa shape index (κ3) is 5.06. The van der Waals surface area contributed by atoms with Crippen molar-refractivity contribution in [1.29, 1.82) is 0 Å². The van der Waals surface area contributed by atoms with Gasteiger partial charge in [0.15, 0.2) is 0 Å². The number of anilines is 1. The fraction of sp³-hybridized carbons (Fsp3) is 0.385. The number of carbonyl (C=O) groups is 1. The highest BCUT2D eigenvalue weighted by Gasteiger charge is 2.31. The van der Waals surface area contributed by atoms with Gasteiger partial charge in [0.1, 0.15) is 17.3 Å². The predicted molar refractivity (Wildman–Crippen MR) is 125 cm³/mol. The topological polar surface area (TPSA) is 68.0 Å². The van der Waals surface area contributed by atoms with Gasteiger partial charge >= 0.3 is 0 Å². The molecule has 1 aromatic heterocycles. The minimum absolute atomic E-state index is 0.0256. The number of benzene rings is 2. The van der Waals surface area contributed by atoms with Gasteiger partial charge in [-0.25, -0.2) is 8.78 Å². The van der Waals surface area contributed by atoms with Crippen molar-refractivity contribution in [2.75, 3.05) is 44.4 Å². The molecule has 0 N–H and O–H groups in total. The second kappa shape index (κ2) is 10.5. The summed E-state index contributed by atoms with van der Waals surface area (Å²) in [6.07, 6.45) is 1.55. The fourth-order valence-corrected chi connectivity index (χ4v) is 4.57. The molecule has 184 valence electrons. The molecule has 0 aliphatic carbocycles. The maximum Gasteiger partial charge on any atom is 0.257 e. The van der Waals surface area contributed by atoms with Crippen LogP contribution in [0.25, 0.3) is 11.3 Å². The molecular formula is C26H27F2N3O4. The van der Waals surface area contributed by atoms with Crippen LogP contribution in [0.2, 0.25) is 0 Å². The smallest absolute Gasteiger partial charge is 0.257 e. The molecule has 2 aliphatic rings. The highest BCUT2D eigenvalue weighted by Crippen LogP contribution is 2.35. The summed E-state index contributed by atoms with van der Waals surface area (Å²) >= 11 is 0. The van der Waals surface area contributed by atoms with Crippen molar-refractivity contribution in [3.63, 3.8) is 0 Å². The first kappa shape index (κ1) is 23.4. The summed E-state index contributed by atoms with van der Waals surface area (Å²) in [6, 6.07) is 12.2. The molecule has 3 aromatic rings. The average Bonchev–Trinajstić information content (AvgIpc) is 3.55. The van der Waals surface area contributed by atoms with Crippen molar-refractivity contribution in [2.45, 2.75) is 25.5 Å². The Hall–Kier alpha value is -3.30. The lowest BCUT2D eigenvalue weighted by molar-refractivity contribution is 0.0503. The molecule has 2 aromatic carbocycles. The molecule has 3 heterocycles. The molecule has 2 fully saturated rings. The Kier molecular flexibility index (Phi) is 7.06. The van der Waals surface area contributed by atoms with E-state index in [1.807, 2.05) is 4.90 Å². The normalized spacial score (nSPS) is 18.1. The molecule has 9 heteroatoms. The Balaban J connectivity index is 1.55. The van der Waals surface area contributed by atoms with Crippen LogP contribution in [0.3, 0.4) is 0 Å². The van der Waals surface area contributed by atoms with E-state index in [0.29, 0.717) is 50.1 Å². The predicted octanol–water partition coefficient (Wildman–Crippen LogP) is 4.28. The van der Waals surface area contributed by atoms with Crippen molar-refractivity contribution >= 4 is 11.8 Å². The molecule has 5 rings (SSSR count). The van der Waals surface area contributed by atoms with E-state index < -0.39 is 17.5 Å². The quantitative estimate of drug-likeness (QED) is 0.500. The SMILES string of the molecule is O=C(c1ccccc1F)N(Cc1c(-c2ccccc2F)noc1N1CCOCC1)CC1CCCO1. The maximum atomic E-state index is 14.8. The number of rotatable bonds is 7. The number of halogens is 2. The molecule has 1 amide bonds. The van der Waals surface area contributed by atoms with Crippen molar-refractivity contribution in [3.8, 4) is 11.3 Å². The molecule has 35 heavy (non-hydrogen) atoms. The van der Waals surface area contributed by atoms with Crippen molar-refractivity contribution in [1.82, 2.24) is 10.1 Å². The van der Waals surface area contributed by atoms with Gasteiger partial charge in [-0.05, 0) is 37.1 Å². The van der Waals surface area contributed by atoms with Crippen LogP contribution in [0.4, 0.5) is 14.7 Å². The molecule has 2 saturated heterocycles. The van der Waals surface area contributed by atoms with E-state index in [2.05, 4.69) is 5.16 Å². The highest BCUT2D eigenvalue weighted by atomic mass is 19.1. The van der Waals surface area contributed by atoms with E-state index >= 15 is 0 Å². The first-order valence-corrected chi connectivity index (χ1v) is 11.8. The zero-order valence-corrected chi connectivity index (χ0v) is 19.3. The van der Waals surface area contributed by atoms with Gasteiger partial charge in [0.25, 0.3) is 5.91 Å². The van der Waals surface area contributed by atoms with Crippen molar-refractivity contribution in [3.05, 3.63) is 71.3 Å². The monoisotopic (exact) mass is 483 g/mol. The molecule has 7 nitrogen and oxygen atoms in total. The van der Waals surface area contributed by atoms with Gasteiger partial charge in [0.05, 0.1) is 37.0 Å². The number of ether oxygens (including phenoxy) is 2. The largest absolute Gasteiger partial charge is 0.378 e. The Labute approximate surface area is 202 Å². The molecule has 0 bridgehead atoms. The van der Waals surface area contributed by atoms with E-state index in [1.165, 1.54) is 18.2 Å². The van der Waals surface area contributed by atoms with Gasteiger partial charge in [-0.1, -0.05) is 29.4 Å². The Morgan fingerprint density at radius 1 is 1.03 bits per heavy atom. The van der Waals surface area contributed by atoms with Crippen LogP contribution in [0.5, 0.6) is 0 Å². The molecular weight excluding hydrogens is 456 g/mol. The number of hydrogen-bond donors (Lipinski definition) is 0. The van der Waals surface area contributed by atoms with Crippen molar-refractivity contribution in [2.24, 2.45) is 0 Å². The molecule has 0 spiro atoms. The van der Waals surface area contributed by atoms with E-state index in [0.717, 1.165) is 12.8 Å². The molecule has 1 unspecified atom stereocenters. The number of carbonyl (C=O) groups excluding carboxylic acids is 1. The van der Waals surface area contributed by atoms with E-state index in [4.69, 9.17) is 14.0 Å². The van der Waals surface area contributed by atoms with Gasteiger partial charge in [0.2, 0.25) is 5.88 Å². The summed E-state index contributed by atoms with van der Waals surface area (Å²) in [5.41, 5.74) is 1.14. The zero-order chi connectivity index (χ0) is 24.2. The average molecular weight is 484 g/mol. The van der Waals surface area contributed by atoms with E-state index in [9.17, 15) is 13.6 Å². The van der Waals surface area contributed by atoms with Gasteiger partial charge in [-0.3, -0.25) is 4.79 Å². The van der Waals surface area contributed by atoms with Crippen molar-refractivity contribution < 1.29 is 27.6 Å². The van der Waals surface area contributed by atoms with Gasteiger partial charge in [-0.2, -0.15) is 0 Å². The number of amides is 1. The summed E-state index contributed by atoms with van der Waals surface area (Å²) in [4.78, 5) is 17.1. The fourth-order valence-electron chi connectivity index (χ4n) is 4.57. The molecule has 2 aliphatic heterocycles. The zero-order valence-electron chi connectivity index (χ0n) is 19.3. The Morgan fingerprint density at radius 3 is 2.49 bits per heavy atom. The molecule has 0 saturated carbocycles. The lowest BCUT2D eigenvalue weighted by atomic mass is 10.0. The van der Waals surface area contributed by atoms with Crippen LogP contribution in [0, 0.1) is 11.6 Å². The van der Waals surface area contributed by atoms with Gasteiger partial charge < -0.3 is 23.8 Å². The standard InChI is InChI=1S/C26H27F2N3O4/c27-22-9-3-1-7-19(22)24-21(26(35-29-24)30-11-14-33-15-12-30)17-31(16-18-6-5-13-34-18)25(32)20-8-2-4-10-23(20)28/h1-4,7-10,18H,5-6,11-17H2. The van der Waals surface area contributed by atoms with Crippen LogP contribution in [0.15, 0.2) is 53.1 Å². The minimum atomic E-state index is -0.595. The van der Waals surface area contributed by atoms with Crippen LogP contribution in [-0.2, 0) is 16.0 Å². The molecule has 0 radical (unpaired) electrons. The third-order valence-corrected chi connectivity index (χ3v) is 6.38. The van der Waals surface area contributed by atoms with Crippen LogP contribution >= 0.6 is 0 Å². The summed E-state index contributed by atoms with van der Waals surface area (Å²) in [6.45, 7) is 3.15. The second-order valence-corrected chi connectivity index (χ2v) is 8.69. The second-order valence-electron chi connectivity index (χ2n) is 8.69. The third-order valence-electron chi connectivity index (χ3n) is 6.38. The highest BCUT2D eigenvalue weighted by molar-refractivity contribution is 5.94. The van der Waals surface area contributed by atoms with Gasteiger partial charge in [0, 0.05) is 31.8 Å². The summed E-state index contributed by atoms with van der Waals surface area (Å²) in [7, 11) is 0. The van der Waals surface area contributed by atoms with Gasteiger partial charge in [-0.15, -0.1) is 0 Å². The summed E-state index contributed by atoms with van der Waals surface area (Å²) in [5.74, 6) is -1.04. The van der Waals surface area contributed by atoms with Crippen LogP contribution < -0.4 is 4.90 Å². The minimum Gasteiger partial charge on any atom is -0.378 e. The van der Waals surface area contributed by atoms with Crippen LogP contribution in [0.1, 0.15) is 28.8 Å². The van der Waals surface area contributed by atoms with E-state index in [-0.39, 0.29) is 30.3 Å². The Bertz CT molecular complexity index is 1170. The lowest BCUT2D eigenvalue weighted by Crippen LogP contribution is -2.39. The lowest BCUT2D eigenvalue weighted by Gasteiger charge is -2.29. The number of hydrogen-bond acceptors (Lipinski definition) is 6. The first-order chi connectivity index (χ1) is 17.1. The Morgan fingerprint density at radius 2 is 1.77 bits per heavy atom. The summed E-state index contributed by atoms with van der Waals surface area (Å²) in [5, 5.41) is 4.22. The maximum absolute atomic E-state index is 14.8. The van der Waals surface area contributed by atoms with E-state index in [1.54, 1.807) is 35.2 Å². The number of nitrogens with zero attached hydrogens (tertiary/aromatic N) is 3. The number of morpholine rings is 1. The number of aromatic nitrogens is 1. The summed E-state index contributed by atoms with van der Waals surface area (Å²) < 4.78 is 46.3. The van der Waals surface area contributed by atoms with Crippen LogP contribution in [-0.4, -0.2) is 61.5 Å². The molecule has 1 atom stereocenters.